The van der Waals surface area contributed by atoms with Crippen molar-refractivity contribution in [1.82, 2.24) is 10.2 Å². The maximum atomic E-state index is 15.8. The van der Waals surface area contributed by atoms with Crippen molar-refractivity contribution in [2.45, 2.75) is 80.9 Å². The van der Waals surface area contributed by atoms with E-state index in [0.717, 1.165) is 6.08 Å². The van der Waals surface area contributed by atoms with Gasteiger partial charge in [-0.15, -0.1) is 0 Å². The summed E-state index contributed by atoms with van der Waals surface area (Å²) in [7, 11) is -12.0. The molecule has 1 aliphatic heterocycles. The quantitative estimate of drug-likeness (QED) is 0.0285. The first-order valence-corrected chi connectivity index (χ1v) is 19.4. The van der Waals surface area contributed by atoms with Crippen LogP contribution in [0.2, 0.25) is 0 Å². The van der Waals surface area contributed by atoms with E-state index in [1.54, 1.807) is 11.0 Å². The Morgan fingerprint density at radius 3 is 2.15 bits per heavy atom. The fraction of sp³-hybridized carbons (Fsp3) is 0.455. The van der Waals surface area contributed by atoms with Gasteiger partial charge in [-0.05, 0) is 43.0 Å². The van der Waals surface area contributed by atoms with Crippen LogP contribution in [-0.2, 0) is 40.6 Å². The molecule has 5 N–H and O–H groups in total. The van der Waals surface area contributed by atoms with Crippen LogP contribution >= 0.6 is 15.2 Å². The minimum Gasteiger partial charge on any atom is -0.776 e. The maximum Gasteiger partial charge on any atom is 1.00 e. The molecule has 2 amide bonds. The number of amides is 2. The molecule has 15 nitrogen and oxygen atoms in total. The van der Waals surface area contributed by atoms with Crippen LogP contribution in [0.4, 0.5) is 8.78 Å². The number of nitrogens with zero attached hydrogens (tertiary/aromatic N) is 1. The minimum absolute atomic E-state index is 0. The third kappa shape index (κ3) is 14.3. The van der Waals surface area contributed by atoms with Gasteiger partial charge >= 0.3 is 77.0 Å². The predicted octanol–water partition coefficient (Wildman–Crippen LogP) is -3.62. The number of carbonyl (C=O) groups excluding carboxylic acids is 3. The zero-order chi connectivity index (χ0) is 38.7. The summed E-state index contributed by atoms with van der Waals surface area (Å²) in [6, 6.07) is 11.2. The van der Waals surface area contributed by atoms with Crippen molar-refractivity contribution < 1.29 is 131 Å². The van der Waals surface area contributed by atoms with E-state index < -0.39 is 81.1 Å². The molecule has 2 aromatic rings. The number of unbranched alkanes of at least 4 members (excludes halogenated alkanes) is 3. The van der Waals surface area contributed by atoms with Crippen LogP contribution in [0.15, 0.2) is 66.7 Å². The number of benzene rings is 2. The molecule has 4 atom stereocenters. The zero-order valence-corrected chi connectivity index (χ0v) is 35.6. The number of likely N-dealkylation sites (tertiary alicyclic amines) is 1. The minimum atomic E-state index is -6.02. The molecule has 1 heterocycles. The Bertz CT molecular complexity index is 1670. The van der Waals surface area contributed by atoms with Crippen molar-refractivity contribution in [3.63, 3.8) is 0 Å². The fourth-order valence-corrected chi connectivity index (χ4v) is 7.52. The number of hydrogen-bond acceptors (Lipinski definition) is 10. The van der Waals surface area contributed by atoms with Gasteiger partial charge in [0, 0.05) is 43.5 Å². The Hall–Kier alpha value is -1.82. The number of carbonyl (C=O) groups is 4. The maximum absolute atomic E-state index is 15.8. The van der Waals surface area contributed by atoms with Crippen LogP contribution in [0, 0.1) is 0 Å². The molecule has 0 spiro atoms. The van der Waals surface area contributed by atoms with Gasteiger partial charge in [-0.1, -0.05) is 61.4 Å². The molecule has 54 heavy (non-hydrogen) atoms. The first-order valence-electron chi connectivity index (χ1n) is 16.3. The number of alkyl halides is 2. The number of hydrogen-bond donors (Lipinski definition) is 5. The Kier molecular flexibility index (Phi) is 20.6. The molecule has 21 heteroatoms. The van der Waals surface area contributed by atoms with Gasteiger partial charge in [0.2, 0.25) is 5.91 Å². The molecule has 0 bridgehead atoms. The van der Waals surface area contributed by atoms with Crippen LogP contribution in [0.25, 0.3) is 0 Å². The molecule has 0 aromatic heterocycles. The second-order valence-electron chi connectivity index (χ2n) is 12.2. The summed E-state index contributed by atoms with van der Waals surface area (Å²) in [6.45, 7) is -0.457. The monoisotopic (exact) mass is 818 g/mol. The van der Waals surface area contributed by atoms with Crippen LogP contribution in [0.3, 0.4) is 0 Å². The number of halogens is 2. The third-order valence-electron chi connectivity index (χ3n) is 8.41. The molecule has 1 saturated heterocycles. The van der Waals surface area contributed by atoms with Crippen molar-refractivity contribution in [2.24, 2.45) is 0 Å². The molecule has 286 valence electrons. The number of esters is 1. The summed E-state index contributed by atoms with van der Waals surface area (Å²) < 4.78 is 59.5. The van der Waals surface area contributed by atoms with Crippen LogP contribution in [0.1, 0.15) is 72.9 Å². The van der Waals surface area contributed by atoms with E-state index in [0.29, 0.717) is 38.6 Å². The molecule has 0 radical (unpaired) electrons. The standard InChI is InChI=1S/C33H42F2N2O13P2.2Na/c34-33(35,25-8-4-3-5-9-25)27(17-15-26-16-18-28(38)37(26)21-7-2-1-6-10-29(39)40)50-30(41)22-23-11-13-24(14-12-23)31(42)36-20-19-32(43,51(44,45)46)52(47,48)49;;/h3-5,8-9,11-15,17,26-27,43H,1-2,6-7,10,16,18-22H2,(H,36,42)(H,39,40)(H2,44,45,46)(H2,47,48,49);;/q;2*+1/p-2/b17-15+;;/t26-,27+;;/m0../s1. The van der Waals surface area contributed by atoms with E-state index in [1.807, 2.05) is 0 Å². The molecule has 2 aromatic carbocycles. The topological polar surface area (TPSA) is 254 Å². The predicted molar refractivity (Wildman–Crippen MR) is 177 cm³/mol. The molecule has 2 unspecified atom stereocenters. The van der Waals surface area contributed by atoms with Gasteiger partial charge in [-0.2, -0.15) is 8.78 Å². The summed E-state index contributed by atoms with van der Waals surface area (Å²) in [5.41, 5.74) is -0.240. The summed E-state index contributed by atoms with van der Waals surface area (Å²) >= 11 is 0. The Morgan fingerprint density at radius 2 is 1.57 bits per heavy atom. The molecule has 1 fully saturated rings. The third-order valence-corrected chi connectivity index (χ3v) is 12.2. The number of carboxylic acid groups (broad SMARTS) is 1. The van der Waals surface area contributed by atoms with Crippen molar-refractivity contribution in [3.05, 3.63) is 83.4 Å². The number of rotatable bonds is 20. The molecule has 3 rings (SSSR count). The Labute approximate surface area is 354 Å². The van der Waals surface area contributed by atoms with E-state index in [9.17, 15) is 43.2 Å². The first-order chi connectivity index (χ1) is 24.3. The van der Waals surface area contributed by atoms with Gasteiger partial charge < -0.3 is 53.9 Å². The van der Waals surface area contributed by atoms with E-state index in [2.05, 4.69) is 5.32 Å². The SMILES string of the molecule is O=C(O)CCCCCCN1C(=O)CC[C@@H]1/C=C/[C@@H](OC(=O)Cc1ccc(C(=O)NCCC(O)(P(=O)([O-])O)P(=O)([O-])O)cc1)C(F)(F)c1ccccc1.[Na+].[Na+]. The second-order valence-corrected chi connectivity index (χ2v) is 16.1. The second kappa shape index (κ2) is 22.2. The number of aliphatic carboxylic acids is 1. The fourth-order valence-electron chi connectivity index (χ4n) is 5.46. The number of ether oxygens (including phenoxy) is 1. The van der Waals surface area contributed by atoms with Gasteiger partial charge in [0.1, 0.15) is 0 Å². The van der Waals surface area contributed by atoms with Gasteiger partial charge in [-0.3, -0.25) is 19.2 Å². The number of nitrogens with one attached hydrogen (secondary N) is 1. The van der Waals surface area contributed by atoms with Crippen molar-refractivity contribution in [2.75, 3.05) is 13.1 Å². The zero-order valence-electron chi connectivity index (χ0n) is 29.8. The van der Waals surface area contributed by atoms with Gasteiger partial charge in [0.15, 0.2) is 26.4 Å². The van der Waals surface area contributed by atoms with Crippen molar-refractivity contribution >= 4 is 38.9 Å². The van der Waals surface area contributed by atoms with Crippen molar-refractivity contribution in [3.8, 4) is 0 Å². The Balaban J connectivity index is 0.00000729. The van der Waals surface area contributed by atoms with E-state index in [-0.39, 0.29) is 89.0 Å². The van der Waals surface area contributed by atoms with Crippen molar-refractivity contribution in [1.29, 1.82) is 0 Å². The average molecular weight is 819 g/mol. The molecular weight excluding hydrogens is 778 g/mol. The molecule has 1 aliphatic rings. The van der Waals surface area contributed by atoms with E-state index in [1.165, 1.54) is 54.6 Å². The van der Waals surface area contributed by atoms with E-state index >= 15 is 8.78 Å². The Morgan fingerprint density at radius 1 is 0.981 bits per heavy atom. The average Bonchev–Trinajstić information content (AvgIpc) is 3.42. The molecule has 0 saturated carbocycles. The summed E-state index contributed by atoms with van der Waals surface area (Å²) in [5, 5.41) is 16.8. The largest absolute Gasteiger partial charge is 1.00 e. The van der Waals surface area contributed by atoms with Crippen LogP contribution in [-0.4, -0.2) is 79.0 Å². The van der Waals surface area contributed by atoms with Gasteiger partial charge in [-0.25, -0.2) is 0 Å². The smallest absolute Gasteiger partial charge is 0.776 e. The summed E-state index contributed by atoms with van der Waals surface area (Å²) in [5.74, 6) is -6.65. The van der Waals surface area contributed by atoms with Gasteiger partial charge in [0.25, 0.3) is 5.91 Å². The normalized spacial score (nSPS) is 18.3. The first kappa shape index (κ1) is 50.2. The van der Waals surface area contributed by atoms with Crippen LogP contribution in [0.5, 0.6) is 0 Å². The summed E-state index contributed by atoms with van der Waals surface area (Å²) in [4.78, 5) is 91.1. The van der Waals surface area contributed by atoms with Gasteiger partial charge in [0.05, 0.1) is 12.5 Å². The summed E-state index contributed by atoms with van der Waals surface area (Å²) in [6.07, 6.45) is 1.70. The van der Waals surface area contributed by atoms with E-state index in [4.69, 9.17) is 19.6 Å². The number of carboxylic acids is 1. The van der Waals surface area contributed by atoms with Crippen LogP contribution < -0.4 is 74.2 Å². The number of aliphatic hydroxyl groups is 1. The molecule has 0 aliphatic carbocycles. The molecular formula is C33H40F2N2Na2O13P2.